The van der Waals surface area contributed by atoms with Gasteiger partial charge in [-0.25, -0.2) is 0 Å². The van der Waals surface area contributed by atoms with Crippen molar-refractivity contribution in [2.24, 2.45) is 0 Å². The van der Waals surface area contributed by atoms with E-state index in [4.69, 9.17) is 11.6 Å². The molecule has 16 heavy (non-hydrogen) atoms. The quantitative estimate of drug-likeness (QED) is 0.747. The molecule has 0 aromatic carbocycles. The Morgan fingerprint density at radius 3 is 3.00 bits per heavy atom. The molecule has 86 valence electrons. The van der Waals surface area contributed by atoms with E-state index in [9.17, 15) is 4.79 Å². The number of pyridine rings is 1. The smallest absolute Gasteiger partial charge is 0.241 e. The second kappa shape index (κ2) is 4.00. The summed E-state index contributed by atoms with van der Waals surface area (Å²) in [6, 6.07) is 1.92. The fraction of sp³-hybridized carbons (Fsp3) is 0.455. The molecule has 2 heterocycles. The van der Waals surface area contributed by atoms with Crippen molar-refractivity contribution in [3.05, 3.63) is 22.4 Å². The summed E-state index contributed by atoms with van der Waals surface area (Å²) in [6.07, 6.45) is 1.76. The van der Waals surface area contributed by atoms with Crippen LogP contribution in [0.25, 0.3) is 0 Å². The highest BCUT2D eigenvalue weighted by Crippen LogP contribution is 2.40. The zero-order valence-corrected chi connectivity index (χ0v) is 11.5. The molecule has 1 aromatic rings. The van der Waals surface area contributed by atoms with Crippen molar-refractivity contribution in [3.8, 4) is 0 Å². The number of aromatic nitrogens is 1. The molecule has 3 nitrogen and oxygen atoms in total. The van der Waals surface area contributed by atoms with Crippen molar-refractivity contribution in [2.45, 2.75) is 19.3 Å². The molecular formula is C11H12BrClN2O. The van der Waals surface area contributed by atoms with Gasteiger partial charge in [0.1, 0.15) is 5.88 Å². The van der Waals surface area contributed by atoms with E-state index in [0.717, 1.165) is 15.9 Å². The highest BCUT2D eigenvalue weighted by atomic mass is 79.9. The van der Waals surface area contributed by atoms with Crippen LogP contribution in [-0.4, -0.2) is 23.3 Å². The van der Waals surface area contributed by atoms with Gasteiger partial charge in [-0.3, -0.25) is 9.78 Å². The van der Waals surface area contributed by atoms with Gasteiger partial charge in [0.15, 0.2) is 0 Å². The lowest BCUT2D eigenvalue weighted by Gasteiger charge is -2.19. The zero-order chi connectivity index (χ0) is 11.9. The topological polar surface area (TPSA) is 33.2 Å². The maximum absolute atomic E-state index is 11.7. The molecule has 0 N–H and O–H groups in total. The van der Waals surface area contributed by atoms with Crippen molar-refractivity contribution >= 4 is 39.1 Å². The number of hydrogen-bond acceptors (Lipinski definition) is 2. The lowest BCUT2D eigenvalue weighted by Crippen LogP contribution is -2.34. The van der Waals surface area contributed by atoms with E-state index in [2.05, 4.69) is 34.8 Å². The minimum Gasteiger partial charge on any atom is -0.309 e. The molecule has 1 aliphatic rings. The molecule has 5 heteroatoms. The Kier molecular flexibility index (Phi) is 2.97. The first-order valence-electron chi connectivity index (χ1n) is 4.98. The van der Waals surface area contributed by atoms with Crippen LogP contribution in [0.1, 0.15) is 19.5 Å². The van der Waals surface area contributed by atoms with Crippen LogP contribution in [0, 0.1) is 0 Å². The molecule has 0 bridgehead atoms. The van der Waals surface area contributed by atoms with Crippen LogP contribution < -0.4 is 4.90 Å². The molecule has 1 aliphatic heterocycles. The van der Waals surface area contributed by atoms with Crippen molar-refractivity contribution in [3.63, 3.8) is 0 Å². The Hall–Kier alpha value is -0.610. The molecule has 0 aliphatic carbocycles. The van der Waals surface area contributed by atoms with Gasteiger partial charge in [0.25, 0.3) is 0 Å². The van der Waals surface area contributed by atoms with Crippen LogP contribution in [0.3, 0.4) is 0 Å². The normalized spacial score (nSPS) is 17.4. The van der Waals surface area contributed by atoms with Crippen molar-refractivity contribution in [1.82, 2.24) is 4.98 Å². The number of amides is 1. The molecule has 0 radical (unpaired) electrons. The summed E-state index contributed by atoms with van der Waals surface area (Å²) < 4.78 is 0.872. The number of carbonyl (C=O) groups excluding carboxylic acids is 1. The lowest BCUT2D eigenvalue weighted by atomic mass is 9.91. The molecule has 0 saturated heterocycles. The first-order chi connectivity index (χ1) is 7.45. The Labute approximate surface area is 108 Å². The maximum Gasteiger partial charge on any atom is 0.241 e. The SMILES string of the molecule is CC1(C)CN(C(=O)CCl)c2cc(Br)cnc21. The first kappa shape index (κ1) is 11.9. The van der Waals surface area contributed by atoms with E-state index >= 15 is 0 Å². The van der Waals surface area contributed by atoms with Gasteiger partial charge >= 0.3 is 0 Å². The number of rotatable bonds is 1. The Bertz CT molecular complexity index is 448. The summed E-state index contributed by atoms with van der Waals surface area (Å²) in [4.78, 5) is 17.8. The van der Waals surface area contributed by atoms with E-state index in [0.29, 0.717) is 6.54 Å². The molecule has 0 saturated carbocycles. The number of fused-ring (bicyclic) bond motifs is 1. The fourth-order valence-corrected chi connectivity index (χ4v) is 2.47. The minimum atomic E-state index is -0.113. The van der Waals surface area contributed by atoms with Gasteiger partial charge in [-0.2, -0.15) is 0 Å². The van der Waals surface area contributed by atoms with Crippen LogP contribution in [-0.2, 0) is 10.2 Å². The summed E-state index contributed by atoms with van der Waals surface area (Å²) in [5.74, 6) is -0.0735. The highest BCUT2D eigenvalue weighted by molar-refractivity contribution is 9.10. The largest absolute Gasteiger partial charge is 0.309 e. The molecule has 0 unspecified atom stereocenters. The second-order valence-electron chi connectivity index (χ2n) is 4.52. The van der Waals surface area contributed by atoms with E-state index in [1.807, 2.05) is 6.07 Å². The standard InChI is InChI=1S/C11H12BrClN2O/c1-11(2)6-15(9(16)4-13)8-3-7(12)5-14-10(8)11/h3,5H,4,6H2,1-2H3. The van der Waals surface area contributed by atoms with Gasteiger partial charge in [0, 0.05) is 22.6 Å². The molecular weight excluding hydrogens is 291 g/mol. The molecule has 2 rings (SSSR count). The predicted octanol–water partition coefficient (Wildman–Crippen LogP) is 2.71. The van der Waals surface area contributed by atoms with Crippen LogP contribution in [0.5, 0.6) is 0 Å². The Balaban J connectivity index is 2.52. The average Bonchev–Trinajstić information content (AvgIpc) is 2.49. The summed E-state index contributed by atoms with van der Waals surface area (Å²) in [5.41, 5.74) is 1.71. The number of halogens is 2. The second-order valence-corrected chi connectivity index (χ2v) is 5.70. The summed E-state index contributed by atoms with van der Waals surface area (Å²) in [7, 11) is 0. The fourth-order valence-electron chi connectivity index (χ4n) is 2.01. The number of carbonyl (C=O) groups is 1. The molecule has 0 fully saturated rings. The number of hydrogen-bond donors (Lipinski definition) is 0. The van der Waals surface area contributed by atoms with Crippen LogP contribution in [0.4, 0.5) is 5.69 Å². The Morgan fingerprint density at radius 1 is 1.69 bits per heavy atom. The maximum atomic E-state index is 11.7. The lowest BCUT2D eigenvalue weighted by molar-refractivity contribution is -0.116. The van der Waals surface area contributed by atoms with Gasteiger partial charge in [0.05, 0.1) is 11.4 Å². The van der Waals surface area contributed by atoms with E-state index < -0.39 is 0 Å². The summed E-state index contributed by atoms with van der Waals surface area (Å²) >= 11 is 8.98. The molecule has 0 spiro atoms. The molecule has 1 amide bonds. The van der Waals surface area contributed by atoms with Gasteiger partial charge in [-0.05, 0) is 22.0 Å². The monoisotopic (exact) mass is 302 g/mol. The number of alkyl halides is 1. The van der Waals surface area contributed by atoms with Crippen molar-refractivity contribution in [2.75, 3.05) is 17.3 Å². The molecule has 1 aromatic heterocycles. The minimum absolute atomic E-state index is 0.00202. The van der Waals surface area contributed by atoms with Crippen LogP contribution in [0.15, 0.2) is 16.7 Å². The summed E-state index contributed by atoms with van der Waals surface area (Å²) in [6.45, 7) is 4.79. The summed E-state index contributed by atoms with van der Waals surface area (Å²) in [5, 5.41) is 0. The van der Waals surface area contributed by atoms with E-state index in [-0.39, 0.29) is 17.2 Å². The van der Waals surface area contributed by atoms with Gasteiger partial charge in [-0.1, -0.05) is 13.8 Å². The van der Waals surface area contributed by atoms with Crippen LogP contribution >= 0.6 is 27.5 Å². The van der Waals surface area contributed by atoms with Crippen LogP contribution in [0.2, 0.25) is 0 Å². The van der Waals surface area contributed by atoms with E-state index in [1.54, 1.807) is 11.1 Å². The van der Waals surface area contributed by atoms with Gasteiger partial charge in [0.2, 0.25) is 5.91 Å². The number of anilines is 1. The zero-order valence-electron chi connectivity index (χ0n) is 9.13. The van der Waals surface area contributed by atoms with Crippen molar-refractivity contribution < 1.29 is 4.79 Å². The predicted molar refractivity (Wildman–Crippen MR) is 68.0 cm³/mol. The third kappa shape index (κ3) is 1.84. The first-order valence-corrected chi connectivity index (χ1v) is 6.31. The third-order valence-corrected chi connectivity index (χ3v) is 3.40. The van der Waals surface area contributed by atoms with Gasteiger partial charge in [-0.15, -0.1) is 11.6 Å². The van der Waals surface area contributed by atoms with Gasteiger partial charge < -0.3 is 4.90 Å². The average molecular weight is 304 g/mol. The third-order valence-electron chi connectivity index (χ3n) is 2.73. The van der Waals surface area contributed by atoms with E-state index in [1.165, 1.54) is 0 Å². The highest BCUT2D eigenvalue weighted by Gasteiger charge is 2.39. The molecule has 0 atom stereocenters. The number of nitrogens with zero attached hydrogens (tertiary/aromatic N) is 2. The van der Waals surface area contributed by atoms with Crippen molar-refractivity contribution in [1.29, 1.82) is 0 Å². The Morgan fingerprint density at radius 2 is 2.38 bits per heavy atom.